The van der Waals surface area contributed by atoms with Gasteiger partial charge in [-0.3, -0.25) is 0 Å². The summed E-state index contributed by atoms with van der Waals surface area (Å²) in [5.41, 5.74) is 2.41. The van der Waals surface area contributed by atoms with Gasteiger partial charge in [0.2, 0.25) is 0 Å². The van der Waals surface area contributed by atoms with Gasteiger partial charge in [-0.25, -0.2) is 17.2 Å². The molecule has 0 aliphatic carbocycles. The summed E-state index contributed by atoms with van der Waals surface area (Å²) in [5.74, 6) is -0.977. The van der Waals surface area contributed by atoms with Crippen molar-refractivity contribution in [1.82, 2.24) is 3.97 Å². The first-order chi connectivity index (χ1) is 12.3. The molecule has 0 unspecified atom stereocenters. The molecule has 134 valence electrons. The van der Waals surface area contributed by atoms with Gasteiger partial charge in [0.05, 0.1) is 10.4 Å². The average molecular weight is 369 g/mol. The van der Waals surface area contributed by atoms with Crippen LogP contribution in [0.1, 0.15) is 24.5 Å². The number of carboxylic acid groups (broad SMARTS) is 1. The molecule has 2 aromatic carbocycles. The lowest BCUT2D eigenvalue weighted by Gasteiger charge is -2.08. The van der Waals surface area contributed by atoms with E-state index in [0.29, 0.717) is 17.5 Å². The number of hydrogen-bond acceptors (Lipinski definition) is 3. The lowest BCUT2D eigenvalue weighted by molar-refractivity contribution is -0.132. The monoisotopic (exact) mass is 369 g/mol. The van der Waals surface area contributed by atoms with Crippen molar-refractivity contribution in [3.63, 3.8) is 0 Å². The quantitative estimate of drug-likeness (QED) is 0.688. The molecule has 1 aromatic heterocycles. The van der Waals surface area contributed by atoms with E-state index in [1.165, 1.54) is 10.2 Å². The largest absolute Gasteiger partial charge is 0.478 e. The molecule has 0 saturated carbocycles. The minimum atomic E-state index is -3.73. The summed E-state index contributed by atoms with van der Waals surface area (Å²) in [7, 11) is -3.73. The number of fused-ring (bicyclic) bond motifs is 1. The van der Waals surface area contributed by atoms with Crippen LogP contribution < -0.4 is 0 Å². The molecule has 3 aromatic rings. The van der Waals surface area contributed by atoms with Crippen LogP contribution in [0.25, 0.3) is 17.0 Å². The van der Waals surface area contributed by atoms with Crippen LogP contribution in [0.5, 0.6) is 0 Å². The van der Waals surface area contributed by atoms with Crippen molar-refractivity contribution in [2.75, 3.05) is 0 Å². The zero-order valence-electron chi connectivity index (χ0n) is 14.5. The second-order valence-corrected chi connectivity index (χ2v) is 7.89. The fourth-order valence-corrected chi connectivity index (χ4v) is 4.11. The number of aromatic nitrogens is 1. The fraction of sp³-hybridized carbons (Fsp3) is 0.150. The predicted octanol–water partition coefficient (Wildman–Crippen LogP) is 4.06. The van der Waals surface area contributed by atoms with Crippen LogP contribution in [0.2, 0.25) is 0 Å². The summed E-state index contributed by atoms with van der Waals surface area (Å²) in [6.45, 7) is 3.66. The molecule has 0 saturated heterocycles. The molecule has 1 N–H and O–H groups in total. The number of carbonyl (C=O) groups is 1. The van der Waals surface area contributed by atoms with Gasteiger partial charge in [0.15, 0.2) is 0 Å². The van der Waals surface area contributed by atoms with Crippen molar-refractivity contribution in [2.24, 2.45) is 0 Å². The molecule has 0 radical (unpaired) electrons. The SMILES string of the molecule is CC/C(=C\c1ccc2ccn(S(=O)(=O)c3ccc(C)cc3)c2c1)C(=O)O. The maximum Gasteiger partial charge on any atom is 0.331 e. The Balaban J connectivity index is 2.14. The van der Waals surface area contributed by atoms with E-state index >= 15 is 0 Å². The molecular weight excluding hydrogens is 350 g/mol. The highest BCUT2D eigenvalue weighted by atomic mass is 32.2. The zero-order valence-corrected chi connectivity index (χ0v) is 15.3. The van der Waals surface area contributed by atoms with Crippen molar-refractivity contribution in [2.45, 2.75) is 25.2 Å². The summed E-state index contributed by atoms with van der Waals surface area (Å²) < 4.78 is 27.2. The Morgan fingerprint density at radius 2 is 1.81 bits per heavy atom. The summed E-state index contributed by atoms with van der Waals surface area (Å²) in [5, 5.41) is 9.96. The summed E-state index contributed by atoms with van der Waals surface area (Å²) in [6, 6.07) is 13.7. The Bertz CT molecular complexity index is 1110. The third-order valence-electron chi connectivity index (χ3n) is 4.26. The van der Waals surface area contributed by atoms with Crippen molar-refractivity contribution in [3.05, 3.63) is 71.4 Å². The number of nitrogens with zero attached hydrogens (tertiary/aromatic N) is 1. The van der Waals surface area contributed by atoms with Crippen molar-refractivity contribution in [1.29, 1.82) is 0 Å². The lowest BCUT2D eigenvalue weighted by atomic mass is 10.1. The van der Waals surface area contributed by atoms with E-state index < -0.39 is 16.0 Å². The highest BCUT2D eigenvalue weighted by Gasteiger charge is 2.18. The van der Waals surface area contributed by atoms with Crippen LogP contribution in [0.4, 0.5) is 0 Å². The minimum absolute atomic E-state index is 0.210. The standard InChI is InChI=1S/C20H19NO4S/c1-3-16(20(22)23)12-15-6-7-17-10-11-21(19(17)13-15)26(24,25)18-8-4-14(2)5-9-18/h4-13H,3H2,1-2H3,(H,22,23)/b16-12+. The second-order valence-electron chi connectivity index (χ2n) is 6.08. The van der Waals surface area contributed by atoms with Gasteiger partial charge in [0, 0.05) is 17.2 Å². The first kappa shape index (κ1) is 17.9. The molecule has 0 aliphatic heterocycles. The van der Waals surface area contributed by atoms with Crippen LogP contribution in [-0.4, -0.2) is 23.5 Å². The van der Waals surface area contributed by atoms with Gasteiger partial charge < -0.3 is 5.11 Å². The van der Waals surface area contributed by atoms with Gasteiger partial charge in [0.1, 0.15) is 0 Å². The molecule has 0 aliphatic rings. The van der Waals surface area contributed by atoms with Crippen LogP contribution in [0.3, 0.4) is 0 Å². The van der Waals surface area contributed by atoms with E-state index in [1.54, 1.807) is 61.5 Å². The van der Waals surface area contributed by atoms with Gasteiger partial charge in [0.25, 0.3) is 10.0 Å². The van der Waals surface area contributed by atoms with E-state index in [1.807, 2.05) is 6.92 Å². The normalized spacial score (nSPS) is 12.5. The Morgan fingerprint density at radius 3 is 2.42 bits per heavy atom. The lowest BCUT2D eigenvalue weighted by Crippen LogP contribution is -2.11. The van der Waals surface area contributed by atoms with Gasteiger partial charge in [-0.1, -0.05) is 36.8 Å². The summed E-state index contributed by atoms with van der Waals surface area (Å²) in [6.07, 6.45) is 3.47. The molecule has 1 heterocycles. The zero-order chi connectivity index (χ0) is 18.9. The van der Waals surface area contributed by atoms with Crippen LogP contribution in [-0.2, 0) is 14.8 Å². The number of rotatable bonds is 5. The van der Waals surface area contributed by atoms with Crippen LogP contribution >= 0.6 is 0 Å². The summed E-state index contributed by atoms with van der Waals surface area (Å²) >= 11 is 0. The van der Waals surface area contributed by atoms with Crippen molar-refractivity contribution >= 4 is 33.0 Å². The number of benzene rings is 2. The summed E-state index contributed by atoms with van der Waals surface area (Å²) in [4.78, 5) is 11.4. The van der Waals surface area contributed by atoms with E-state index in [9.17, 15) is 18.3 Å². The van der Waals surface area contributed by atoms with E-state index in [4.69, 9.17) is 0 Å². The number of aliphatic carboxylic acids is 1. The highest BCUT2D eigenvalue weighted by Crippen LogP contribution is 2.24. The molecule has 0 fully saturated rings. The maximum atomic E-state index is 13.0. The average Bonchev–Trinajstić information content (AvgIpc) is 3.03. The molecule has 0 spiro atoms. The van der Waals surface area contributed by atoms with Crippen molar-refractivity contribution in [3.8, 4) is 0 Å². The molecular formula is C20H19NO4S. The van der Waals surface area contributed by atoms with Crippen LogP contribution in [0.15, 0.2) is 65.2 Å². The minimum Gasteiger partial charge on any atom is -0.478 e. The predicted molar refractivity (Wildman–Crippen MR) is 102 cm³/mol. The van der Waals surface area contributed by atoms with Crippen molar-refractivity contribution < 1.29 is 18.3 Å². The smallest absolute Gasteiger partial charge is 0.331 e. The fourth-order valence-electron chi connectivity index (χ4n) is 2.76. The van der Waals surface area contributed by atoms with Gasteiger partial charge in [-0.15, -0.1) is 0 Å². The van der Waals surface area contributed by atoms with E-state index in [-0.39, 0.29) is 10.5 Å². The Morgan fingerprint density at radius 1 is 1.12 bits per heavy atom. The van der Waals surface area contributed by atoms with Crippen LogP contribution in [0, 0.1) is 6.92 Å². The molecule has 0 amide bonds. The first-order valence-corrected chi connectivity index (χ1v) is 9.64. The van der Waals surface area contributed by atoms with Gasteiger partial charge in [-0.05, 0) is 49.2 Å². The molecule has 0 bridgehead atoms. The third-order valence-corrected chi connectivity index (χ3v) is 5.96. The molecule has 0 atom stereocenters. The topological polar surface area (TPSA) is 76.4 Å². The Hall–Kier alpha value is -2.86. The Kier molecular flexibility index (Phi) is 4.70. The third kappa shape index (κ3) is 3.28. The molecule has 6 heteroatoms. The highest BCUT2D eigenvalue weighted by molar-refractivity contribution is 7.90. The Labute approximate surface area is 152 Å². The van der Waals surface area contributed by atoms with Gasteiger partial charge >= 0.3 is 5.97 Å². The molecule has 26 heavy (non-hydrogen) atoms. The van der Waals surface area contributed by atoms with E-state index in [2.05, 4.69) is 0 Å². The first-order valence-electron chi connectivity index (χ1n) is 8.20. The van der Waals surface area contributed by atoms with E-state index in [0.717, 1.165) is 10.9 Å². The van der Waals surface area contributed by atoms with Gasteiger partial charge in [-0.2, -0.15) is 0 Å². The number of aryl methyl sites for hydroxylation is 1. The molecule has 5 nitrogen and oxygen atoms in total. The number of carboxylic acids is 1. The number of hydrogen-bond donors (Lipinski definition) is 1. The second kappa shape index (κ2) is 6.80. The molecule has 3 rings (SSSR count). The maximum absolute atomic E-state index is 13.0.